The van der Waals surface area contributed by atoms with Crippen LogP contribution >= 0.6 is 0 Å². The molecule has 0 radical (unpaired) electrons. The molecular formula is C20H31FN2O3. The molecule has 2 rings (SSSR count). The number of carbonyl (C=O) groups excluding carboxylic acids is 2. The van der Waals surface area contributed by atoms with Gasteiger partial charge in [0.05, 0.1) is 0 Å². The molecule has 1 aliphatic rings. The van der Waals surface area contributed by atoms with E-state index in [9.17, 15) is 14.0 Å². The number of carbonyl (C=O) groups is 2. The molecule has 0 saturated carbocycles. The number of likely N-dealkylation sites (tertiary alicyclic amines) is 1. The van der Waals surface area contributed by atoms with Gasteiger partial charge in [0.15, 0.2) is 0 Å². The molecular weight excluding hydrogens is 335 g/mol. The average molecular weight is 366 g/mol. The zero-order chi connectivity index (χ0) is 19.9. The van der Waals surface area contributed by atoms with Crippen LogP contribution in [0.3, 0.4) is 0 Å². The molecule has 1 aliphatic heterocycles. The van der Waals surface area contributed by atoms with Crippen molar-refractivity contribution in [1.29, 1.82) is 0 Å². The van der Waals surface area contributed by atoms with Crippen LogP contribution in [0.15, 0.2) is 24.3 Å². The number of hydrogen-bond donors (Lipinski definition) is 0. The highest BCUT2D eigenvalue weighted by molar-refractivity contribution is 5.92. The first-order valence-corrected chi connectivity index (χ1v) is 9.20. The summed E-state index contributed by atoms with van der Waals surface area (Å²) in [6.07, 6.45) is 1.00. The van der Waals surface area contributed by atoms with E-state index in [4.69, 9.17) is 4.74 Å². The summed E-state index contributed by atoms with van der Waals surface area (Å²) in [6, 6.07) is 5.91. The second kappa shape index (κ2) is 9.55. The zero-order valence-corrected chi connectivity index (χ0v) is 16.7. The van der Waals surface area contributed by atoms with Crippen molar-refractivity contribution in [2.45, 2.75) is 66.0 Å². The summed E-state index contributed by atoms with van der Waals surface area (Å²) in [4.78, 5) is 27.5. The molecule has 1 aromatic carbocycles. The van der Waals surface area contributed by atoms with Crippen molar-refractivity contribution < 1.29 is 18.7 Å². The Morgan fingerprint density at radius 2 is 1.62 bits per heavy atom. The van der Waals surface area contributed by atoms with Gasteiger partial charge >= 0.3 is 6.09 Å². The van der Waals surface area contributed by atoms with Crippen molar-refractivity contribution >= 4 is 17.7 Å². The quantitative estimate of drug-likeness (QED) is 0.768. The minimum Gasteiger partial charge on any atom is -0.444 e. The van der Waals surface area contributed by atoms with Crippen LogP contribution in [0, 0.1) is 5.82 Å². The second-order valence-corrected chi connectivity index (χ2v) is 7.06. The number of piperidine rings is 1. The first-order chi connectivity index (χ1) is 12.2. The van der Waals surface area contributed by atoms with Gasteiger partial charge in [-0.1, -0.05) is 13.8 Å². The predicted molar refractivity (Wildman–Crippen MR) is 102 cm³/mol. The van der Waals surface area contributed by atoms with Crippen LogP contribution < -0.4 is 4.90 Å². The number of nitrogens with zero attached hydrogens (tertiary/aromatic N) is 2. The number of rotatable bonds is 2. The highest BCUT2D eigenvalue weighted by atomic mass is 19.1. The highest BCUT2D eigenvalue weighted by Gasteiger charge is 2.31. The van der Waals surface area contributed by atoms with Gasteiger partial charge in [0.2, 0.25) is 5.91 Å². The molecule has 0 aliphatic carbocycles. The molecule has 146 valence electrons. The number of halogens is 1. The molecule has 0 bridgehead atoms. The standard InChI is InChI=1S/C18H25FN2O3.C2H6/c1-13(22)21(15-7-5-14(19)6-8-15)16-9-11-20(12-10-16)17(23)24-18(2,3)4;1-2/h5-8,16H,9-12H2,1-4H3;1-2H3. The van der Waals surface area contributed by atoms with Crippen LogP contribution in [-0.2, 0) is 9.53 Å². The maximum Gasteiger partial charge on any atom is 0.410 e. The third-order valence-electron chi connectivity index (χ3n) is 3.93. The molecule has 0 spiro atoms. The van der Waals surface area contributed by atoms with E-state index in [1.807, 2.05) is 34.6 Å². The lowest BCUT2D eigenvalue weighted by Gasteiger charge is -2.38. The van der Waals surface area contributed by atoms with E-state index in [0.717, 1.165) is 0 Å². The Balaban J connectivity index is 0.00000163. The molecule has 5 nitrogen and oxygen atoms in total. The van der Waals surface area contributed by atoms with E-state index in [1.54, 1.807) is 21.9 Å². The summed E-state index contributed by atoms with van der Waals surface area (Å²) in [7, 11) is 0. The van der Waals surface area contributed by atoms with Crippen molar-refractivity contribution in [2.24, 2.45) is 0 Å². The van der Waals surface area contributed by atoms with E-state index >= 15 is 0 Å². The predicted octanol–water partition coefficient (Wildman–Crippen LogP) is 4.60. The summed E-state index contributed by atoms with van der Waals surface area (Å²) >= 11 is 0. The smallest absolute Gasteiger partial charge is 0.410 e. The molecule has 0 N–H and O–H groups in total. The number of amides is 2. The van der Waals surface area contributed by atoms with Crippen LogP contribution in [0.5, 0.6) is 0 Å². The largest absolute Gasteiger partial charge is 0.444 e. The molecule has 1 saturated heterocycles. The highest BCUT2D eigenvalue weighted by Crippen LogP contribution is 2.25. The van der Waals surface area contributed by atoms with E-state index in [-0.39, 0.29) is 23.9 Å². The van der Waals surface area contributed by atoms with Crippen LogP contribution in [0.4, 0.5) is 14.9 Å². The van der Waals surface area contributed by atoms with Crippen molar-refractivity contribution in [3.05, 3.63) is 30.1 Å². The van der Waals surface area contributed by atoms with Gasteiger partial charge in [-0.25, -0.2) is 9.18 Å². The van der Waals surface area contributed by atoms with Crippen LogP contribution in [0.1, 0.15) is 54.4 Å². The topological polar surface area (TPSA) is 49.9 Å². The molecule has 1 heterocycles. The number of hydrogen-bond acceptors (Lipinski definition) is 3. The van der Waals surface area contributed by atoms with Gasteiger partial charge in [0, 0.05) is 31.7 Å². The summed E-state index contributed by atoms with van der Waals surface area (Å²) in [5.74, 6) is -0.417. The van der Waals surface area contributed by atoms with Crippen molar-refractivity contribution in [3.8, 4) is 0 Å². The maximum atomic E-state index is 13.1. The normalized spacial score (nSPS) is 15.0. The van der Waals surface area contributed by atoms with Gasteiger partial charge < -0.3 is 14.5 Å². The van der Waals surface area contributed by atoms with Crippen LogP contribution in [-0.4, -0.2) is 41.6 Å². The molecule has 2 amide bonds. The second-order valence-electron chi connectivity index (χ2n) is 7.06. The molecule has 1 aromatic rings. The monoisotopic (exact) mass is 366 g/mol. The molecule has 0 atom stereocenters. The summed E-state index contributed by atoms with van der Waals surface area (Å²) in [5.41, 5.74) is 0.160. The maximum absolute atomic E-state index is 13.1. The molecule has 0 aromatic heterocycles. The molecule has 0 unspecified atom stereocenters. The third kappa shape index (κ3) is 6.32. The minimum atomic E-state index is -0.520. The Kier molecular flexibility index (Phi) is 8.06. The first kappa shape index (κ1) is 21.9. The van der Waals surface area contributed by atoms with Gasteiger partial charge in [-0.2, -0.15) is 0 Å². The van der Waals surface area contributed by atoms with E-state index in [0.29, 0.717) is 31.6 Å². The van der Waals surface area contributed by atoms with E-state index < -0.39 is 5.60 Å². The van der Waals surface area contributed by atoms with E-state index in [1.165, 1.54) is 19.1 Å². The van der Waals surface area contributed by atoms with Crippen molar-refractivity contribution in [2.75, 3.05) is 18.0 Å². The average Bonchev–Trinajstić information content (AvgIpc) is 2.57. The number of anilines is 1. The number of benzene rings is 1. The Labute approximate surface area is 156 Å². The van der Waals surface area contributed by atoms with Crippen LogP contribution in [0.2, 0.25) is 0 Å². The number of ether oxygens (including phenoxy) is 1. The molecule has 26 heavy (non-hydrogen) atoms. The first-order valence-electron chi connectivity index (χ1n) is 9.20. The van der Waals surface area contributed by atoms with Gasteiger partial charge in [0.25, 0.3) is 0 Å². The fraction of sp³-hybridized carbons (Fsp3) is 0.600. The van der Waals surface area contributed by atoms with Crippen LogP contribution in [0.25, 0.3) is 0 Å². The fourth-order valence-corrected chi connectivity index (χ4v) is 2.88. The summed E-state index contributed by atoms with van der Waals surface area (Å²) in [6.45, 7) is 12.1. The minimum absolute atomic E-state index is 0.00773. The van der Waals surface area contributed by atoms with Crippen molar-refractivity contribution in [3.63, 3.8) is 0 Å². The Morgan fingerprint density at radius 1 is 1.12 bits per heavy atom. The molecule has 1 fully saturated rings. The summed E-state index contributed by atoms with van der Waals surface area (Å²) in [5, 5.41) is 0. The Morgan fingerprint density at radius 3 is 2.04 bits per heavy atom. The fourth-order valence-electron chi connectivity index (χ4n) is 2.88. The lowest BCUT2D eigenvalue weighted by atomic mass is 10.0. The van der Waals surface area contributed by atoms with Gasteiger partial charge in [-0.05, 0) is 57.9 Å². The lowest BCUT2D eigenvalue weighted by molar-refractivity contribution is -0.117. The Bertz CT molecular complexity index is 588. The zero-order valence-electron chi connectivity index (χ0n) is 16.7. The summed E-state index contributed by atoms with van der Waals surface area (Å²) < 4.78 is 18.5. The Hall–Kier alpha value is -2.11. The third-order valence-corrected chi connectivity index (χ3v) is 3.93. The SMILES string of the molecule is CC.CC(=O)N(c1ccc(F)cc1)C1CCN(C(=O)OC(C)(C)C)CC1. The van der Waals surface area contributed by atoms with Gasteiger partial charge in [0.1, 0.15) is 11.4 Å². The van der Waals surface area contributed by atoms with Gasteiger partial charge in [-0.3, -0.25) is 4.79 Å². The van der Waals surface area contributed by atoms with E-state index in [2.05, 4.69) is 0 Å². The lowest BCUT2D eigenvalue weighted by Crippen LogP contribution is -2.49. The van der Waals surface area contributed by atoms with Crippen molar-refractivity contribution in [1.82, 2.24) is 4.90 Å². The van der Waals surface area contributed by atoms with Gasteiger partial charge in [-0.15, -0.1) is 0 Å². The molecule has 6 heteroatoms.